The van der Waals surface area contributed by atoms with Gasteiger partial charge in [-0.15, -0.1) is 0 Å². The molecule has 1 heterocycles. The molecule has 1 amide bonds. The first-order valence-electron chi connectivity index (χ1n) is 7.16. The van der Waals surface area contributed by atoms with E-state index in [4.69, 9.17) is 19.9 Å². The Bertz CT molecular complexity index is 535. The minimum atomic E-state index is -0.268. The fourth-order valence-corrected chi connectivity index (χ4v) is 2.93. The van der Waals surface area contributed by atoms with Crippen LogP contribution in [0.5, 0.6) is 11.5 Å². The summed E-state index contributed by atoms with van der Waals surface area (Å²) in [5.41, 5.74) is 6.46. The monoisotopic (exact) mass is 372 g/mol. The Labute approximate surface area is 138 Å². The highest BCUT2D eigenvalue weighted by Gasteiger charge is 2.20. The number of halogens is 1. The van der Waals surface area contributed by atoms with Crippen LogP contribution in [0.1, 0.15) is 24.9 Å². The van der Waals surface area contributed by atoms with Crippen LogP contribution in [-0.4, -0.2) is 38.9 Å². The summed E-state index contributed by atoms with van der Waals surface area (Å²) in [6, 6.07) is 3.58. The molecule has 0 saturated carbocycles. The van der Waals surface area contributed by atoms with Gasteiger partial charge in [0.05, 0.1) is 18.6 Å². The van der Waals surface area contributed by atoms with Crippen LogP contribution in [0.2, 0.25) is 0 Å². The highest BCUT2D eigenvalue weighted by atomic mass is 79.9. The molecule has 2 rings (SSSR count). The lowest BCUT2D eigenvalue weighted by molar-refractivity contribution is -0.124. The van der Waals surface area contributed by atoms with Gasteiger partial charge in [0.2, 0.25) is 5.91 Å². The van der Waals surface area contributed by atoms with Gasteiger partial charge in [-0.05, 0) is 24.6 Å². The number of nitrogens with one attached hydrogen (secondary N) is 1. The second-order valence-corrected chi connectivity index (χ2v) is 5.96. The molecule has 1 aliphatic heterocycles. The molecule has 0 radical (unpaired) electrons. The first kappa shape index (κ1) is 17.1. The fraction of sp³-hybridized carbons (Fsp3) is 0.533. The van der Waals surface area contributed by atoms with Gasteiger partial charge in [0.1, 0.15) is 13.2 Å². The Morgan fingerprint density at radius 1 is 1.41 bits per heavy atom. The molecule has 122 valence electrons. The zero-order valence-electron chi connectivity index (χ0n) is 12.7. The van der Waals surface area contributed by atoms with Crippen LogP contribution in [0.3, 0.4) is 0 Å². The molecule has 0 fully saturated rings. The number of fused-ring (bicyclic) bond motifs is 1. The molecule has 0 aliphatic carbocycles. The second kappa shape index (κ2) is 7.80. The Morgan fingerprint density at radius 2 is 2.05 bits per heavy atom. The van der Waals surface area contributed by atoms with Gasteiger partial charge in [-0.3, -0.25) is 4.79 Å². The van der Waals surface area contributed by atoms with Crippen LogP contribution in [-0.2, 0) is 9.53 Å². The molecule has 1 aromatic carbocycles. The molecule has 0 spiro atoms. The van der Waals surface area contributed by atoms with E-state index >= 15 is 0 Å². The summed E-state index contributed by atoms with van der Waals surface area (Å²) in [5.74, 6) is 1.30. The van der Waals surface area contributed by atoms with Gasteiger partial charge < -0.3 is 25.3 Å². The molecular formula is C15H21BrN2O4. The predicted octanol–water partition coefficient (Wildman–Crippen LogP) is 1.76. The molecule has 1 aliphatic rings. The Kier molecular flexibility index (Phi) is 6.05. The Hall–Kier alpha value is -1.31. The molecule has 3 N–H and O–H groups in total. The normalized spacial score (nSPS) is 16.0. The average Bonchev–Trinajstić information content (AvgIpc) is 2.51. The highest BCUT2D eigenvalue weighted by molar-refractivity contribution is 9.10. The number of methoxy groups -OCH3 is 1. The Balaban J connectivity index is 2.06. The third kappa shape index (κ3) is 4.12. The molecule has 2 atom stereocenters. The maximum Gasteiger partial charge on any atom is 0.223 e. The van der Waals surface area contributed by atoms with E-state index in [2.05, 4.69) is 21.2 Å². The van der Waals surface area contributed by atoms with E-state index in [1.54, 1.807) is 7.11 Å². The number of benzene rings is 1. The smallest absolute Gasteiger partial charge is 0.223 e. The van der Waals surface area contributed by atoms with Gasteiger partial charge in [-0.1, -0.05) is 15.9 Å². The van der Waals surface area contributed by atoms with Crippen LogP contribution in [0.15, 0.2) is 16.6 Å². The van der Waals surface area contributed by atoms with Gasteiger partial charge in [0.15, 0.2) is 11.5 Å². The summed E-state index contributed by atoms with van der Waals surface area (Å²) in [4.78, 5) is 12.0. The number of hydrogen-bond donors (Lipinski definition) is 2. The SMILES string of the molecule is COC(CN)CC(=O)NC(C)c1cc2c(cc1Br)OCCO2. The maximum absolute atomic E-state index is 12.0. The molecule has 6 nitrogen and oxygen atoms in total. The largest absolute Gasteiger partial charge is 0.486 e. The number of carbonyl (C=O) groups excluding carboxylic acids is 1. The summed E-state index contributed by atoms with van der Waals surface area (Å²) < 4.78 is 17.1. The van der Waals surface area contributed by atoms with Crippen LogP contribution in [0, 0.1) is 0 Å². The van der Waals surface area contributed by atoms with E-state index in [1.807, 2.05) is 19.1 Å². The molecule has 22 heavy (non-hydrogen) atoms. The summed E-state index contributed by atoms with van der Waals surface area (Å²) >= 11 is 3.51. The zero-order valence-corrected chi connectivity index (χ0v) is 14.3. The third-order valence-corrected chi connectivity index (χ3v) is 4.20. The van der Waals surface area contributed by atoms with Crippen molar-refractivity contribution in [3.05, 3.63) is 22.2 Å². The third-order valence-electron chi connectivity index (χ3n) is 3.51. The van der Waals surface area contributed by atoms with Crippen molar-refractivity contribution in [2.24, 2.45) is 5.73 Å². The summed E-state index contributed by atoms with van der Waals surface area (Å²) in [6.07, 6.45) is -0.0321. The summed E-state index contributed by atoms with van der Waals surface area (Å²) in [5, 5.41) is 2.94. The van der Waals surface area contributed by atoms with Crippen LogP contribution >= 0.6 is 15.9 Å². The maximum atomic E-state index is 12.0. The lowest BCUT2D eigenvalue weighted by Gasteiger charge is -2.23. The number of rotatable bonds is 6. The first-order valence-corrected chi connectivity index (χ1v) is 7.95. The number of ether oxygens (including phenoxy) is 3. The molecule has 2 unspecified atom stereocenters. The van der Waals surface area contributed by atoms with Crippen molar-refractivity contribution in [3.8, 4) is 11.5 Å². The summed E-state index contributed by atoms with van der Waals surface area (Å²) in [6.45, 7) is 3.30. The standard InChI is InChI=1S/C15H21BrN2O4/c1-9(18-15(19)5-10(8-17)20-2)11-6-13-14(7-12(11)16)22-4-3-21-13/h6-7,9-10H,3-5,8,17H2,1-2H3,(H,18,19). The molecule has 0 saturated heterocycles. The van der Waals surface area contributed by atoms with Gasteiger partial charge in [0, 0.05) is 18.1 Å². The number of hydrogen-bond acceptors (Lipinski definition) is 5. The van der Waals surface area contributed by atoms with Crippen LogP contribution in [0.4, 0.5) is 0 Å². The van der Waals surface area contributed by atoms with Crippen molar-refractivity contribution in [1.82, 2.24) is 5.32 Å². The lowest BCUT2D eigenvalue weighted by atomic mass is 10.1. The summed E-state index contributed by atoms with van der Waals surface area (Å²) in [7, 11) is 1.55. The zero-order chi connectivity index (χ0) is 16.1. The molecule has 7 heteroatoms. The van der Waals surface area contributed by atoms with E-state index in [-0.39, 0.29) is 24.5 Å². The van der Waals surface area contributed by atoms with Crippen molar-refractivity contribution in [2.45, 2.75) is 25.5 Å². The second-order valence-electron chi connectivity index (χ2n) is 5.10. The van der Waals surface area contributed by atoms with Gasteiger partial charge in [-0.2, -0.15) is 0 Å². The van der Waals surface area contributed by atoms with Gasteiger partial charge in [-0.25, -0.2) is 0 Å². The van der Waals surface area contributed by atoms with Crippen molar-refractivity contribution >= 4 is 21.8 Å². The van der Waals surface area contributed by atoms with E-state index in [9.17, 15) is 4.79 Å². The van der Waals surface area contributed by atoms with Crippen molar-refractivity contribution in [2.75, 3.05) is 26.9 Å². The minimum Gasteiger partial charge on any atom is -0.486 e. The first-order chi connectivity index (χ1) is 10.5. The Morgan fingerprint density at radius 3 is 2.64 bits per heavy atom. The highest BCUT2D eigenvalue weighted by Crippen LogP contribution is 2.37. The van der Waals surface area contributed by atoms with Crippen LogP contribution < -0.4 is 20.5 Å². The fourth-order valence-electron chi connectivity index (χ4n) is 2.26. The number of carbonyl (C=O) groups is 1. The number of amides is 1. The molecule has 0 bridgehead atoms. The van der Waals surface area contributed by atoms with Crippen LogP contribution in [0.25, 0.3) is 0 Å². The van der Waals surface area contributed by atoms with E-state index < -0.39 is 0 Å². The minimum absolute atomic E-state index is 0.105. The van der Waals surface area contributed by atoms with E-state index in [1.165, 1.54) is 0 Å². The topological polar surface area (TPSA) is 82.8 Å². The quantitative estimate of drug-likeness (QED) is 0.794. The predicted molar refractivity (Wildman–Crippen MR) is 86.2 cm³/mol. The average molecular weight is 373 g/mol. The molecular weight excluding hydrogens is 352 g/mol. The number of nitrogens with two attached hydrogens (primary N) is 1. The molecule has 0 aromatic heterocycles. The lowest BCUT2D eigenvalue weighted by Crippen LogP contribution is -2.33. The van der Waals surface area contributed by atoms with Gasteiger partial charge in [0.25, 0.3) is 0 Å². The molecule has 1 aromatic rings. The van der Waals surface area contributed by atoms with Crippen molar-refractivity contribution in [1.29, 1.82) is 0 Å². The van der Waals surface area contributed by atoms with E-state index in [0.29, 0.717) is 31.3 Å². The van der Waals surface area contributed by atoms with Crippen molar-refractivity contribution < 1.29 is 19.0 Å². The van der Waals surface area contributed by atoms with Gasteiger partial charge >= 0.3 is 0 Å². The van der Waals surface area contributed by atoms with E-state index in [0.717, 1.165) is 10.0 Å². The van der Waals surface area contributed by atoms with Crippen molar-refractivity contribution in [3.63, 3.8) is 0 Å².